The summed E-state index contributed by atoms with van der Waals surface area (Å²) < 4.78 is 18.5. The number of carbonyl (C=O) groups is 2. The minimum atomic E-state index is -0.284. The lowest BCUT2D eigenvalue weighted by atomic mass is 9.96. The van der Waals surface area contributed by atoms with Gasteiger partial charge in [0.25, 0.3) is 0 Å². The van der Waals surface area contributed by atoms with Crippen molar-refractivity contribution in [3.8, 4) is 0 Å². The van der Waals surface area contributed by atoms with Crippen molar-refractivity contribution in [1.82, 2.24) is 20.4 Å². The van der Waals surface area contributed by atoms with E-state index in [4.69, 9.17) is 4.74 Å². The Morgan fingerprint density at radius 1 is 0.857 bits per heavy atom. The largest absolute Gasteiger partial charge is 0.379 e. The van der Waals surface area contributed by atoms with Gasteiger partial charge in [-0.3, -0.25) is 19.4 Å². The van der Waals surface area contributed by atoms with Crippen LogP contribution in [0.1, 0.15) is 29.5 Å². The molecule has 0 unspecified atom stereocenters. The number of nitrogens with one attached hydrogen (secondary N) is 2. The molecular weight excluding hydrogens is 447 g/mol. The number of rotatable bonds is 9. The SMILES string of the molecule is O=C(CN1CCC(C(=O)NCc2ccc(F)cc2)CC1)NCc1ccccc1CN1CCOCC1. The van der Waals surface area contributed by atoms with E-state index < -0.39 is 0 Å². The highest BCUT2D eigenvalue weighted by atomic mass is 19.1. The van der Waals surface area contributed by atoms with Crippen molar-refractivity contribution in [3.05, 3.63) is 71.0 Å². The molecule has 0 bridgehead atoms. The van der Waals surface area contributed by atoms with Gasteiger partial charge in [-0.1, -0.05) is 36.4 Å². The number of likely N-dealkylation sites (tertiary alicyclic amines) is 1. The molecule has 0 aromatic heterocycles. The Balaban J connectivity index is 1.16. The predicted octanol–water partition coefficient (Wildman–Crippen LogP) is 2.30. The molecule has 2 aromatic rings. The van der Waals surface area contributed by atoms with Crippen LogP contribution in [0.3, 0.4) is 0 Å². The average Bonchev–Trinajstić information content (AvgIpc) is 2.89. The molecule has 2 aliphatic heterocycles. The van der Waals surface area contributed by atoms with Crippen LogP contribution in [0.5, 0.6) is 0 Å². The summed E-state index contributed by atoms with van der Waals surface area (Å²) in [4.78, 5) is 29.6. The van der Waals surface area contributed by atoms with Gasteiger partial charge in [0.15, 0.2) is 0 Å². The minimum absolute atomic E-state index is 0.00499. The summed E-state index contributed by atoms with van der Waals surface area (Å²) in [6.45, 7) is 6.96. The molecule has 2 amide bonds. The lowest BCUT2D eigenvalue weighted by Gasteiger charge is -2.30. The quantitative estimate of drug-likeness (QED) is 0.574. The molecule has 188 valence electrons. The van der Waals surface area contributed by atoms with E-state index in [0.717, 1.165) is 69.9 Å². The summed E-state index contributed by atoms with van der Waals surface area (Å²) in [6, 6.07) is 14.4. The van der Waals surface area contributed by atoms with Gasteiger partial charge in [-0.15, -0.1) is 0 Å². The number of ether oxygens (including phenoxy) is 1. The topological polar surface area (TPSA) is 73.9 Å². The molecule has 35 heavy (non-hydrogen) atoms. The van der Waals surface area contributed by atoms with Crippen molar-refractivity contribution in [3.63, 3.8) is 0 Å². The lowest BCUT2D eigenvalue weighted by molar-refractivity contribution is -0.127. The Morgan fingerprint density at radius 2 is 1.54 bits per heavy atom. The molecule has 0 spiro atoms. The first-order chi connectivity index (χ1) is 17.1. The second-order valence-electron chi connectivity index (χ2n) is 9.33. The van der Waals surface area contributed by atoms with Crippen LogP contribution in [0.15, 0.2) is 48.5 Å². The first kappa shape index (κ1) is 25.3. The molecule has 0 atom stereocenters. The number of piperidine rings is 1. The highest BCUT2D eigenvalue weighted by Crippen LogP contribution is 2.18. The van der Waals surface area contributed by atoms with Crippen molar-refractivity contribution in [2.75, 3.05) is 45.9 Å². The molecular formula is C27H35FN4O3. The molecule has 2 fully saturated rings. The molecule has 0 saturated carbocycles. The first-order valence-corrected chi connectivity index (χ1v) is 12.4. The highest BCUT2D eigenvalue weighted by Gasteiger charge is 2.25. The smallest absolute Gasteiger partial charge is 0.234 e. The van der Waals surface area contributed by atoms with E-state index in [1.54, 1.807) is 12.1 Å². The van der Waals surface area contributed by atoms with Crippen LogP contribution in [0.25, 0.3) is 0 Å². The molecule has 8 heteroatoms. The van der Waals surface area contributed by atoms with Crippen molar-refractivity contribution in [2.24, 2.45) is 5.92 Å². The highest BCUT2D eigenvalue weighted by molar-refractivity contribution is 5.79. The molecule has 2 N–H and O–H groups in total. The van der Waals surface area contributed by atoms with Crippen molar-refractivity contribution in [2.45, 2.75) is 32.5 Å². The van der Waals surface area contributed by atoms with Crippen LogP contribution < -0.4 is 10.6 Å². The lowest BCUT2D eigenvalue weighted by Crippen LogP contribution is -2.44. The second kappa shape index (κ2) is 12.8. The summed E-state index contributed by atoms with van der Waals surface area (Å²) >= 11 is 0. The number of hydrogen-bond donors (Lipinski definition) is 2. The third-order valence-corrected chi connectivity index (χ3v) is 6.80. The standard InChI is InChI=1S/C27H35FN4O3/c28-25-7-5-21(6-8-25)17-30-27(34)22-9-11-31(12-10-22)20-26(33)29-18-23-3-1-2-4-24(23)19-32-13-15-35-16-14-32/h1-8,22H,9-20H2,(H,29,33)(H,30,34). The maximum atomic E-state index is 13.0. The molecule has 2 aliphatic rings. The fraction of sp³-hybridized carbons (Fsp3) is 0.481. The van der Waals surface area contributed by atoms with Crippen LogP contribution in [0.4, 0.5) is 4.39 Å². The molecule has 4 rings (SSSR count). The van der Waals surface area contributed by atoms with Crippen LogP contribution in [0, 0.1) is 11.7 Å². The predicted molar refractivity (Wildman–Crippen MR) is 132 cm³/mol. The van der Waals surface area contributed by atoms with Gasteiger partial charge < -0.3 is 15.4 Å². The summed E-state index contributed by atoms with van der Waals surface area (Å²) in [5.41, 5.74) is 3.26. The number of hydrogen-bond acceptors (Lipinski definition) is 5. The number of morpholine rings is 1. The molecule has 0 aliphatic carbocycles. The Labute approximate surface area is 206 Å². The van der Waals surface area contributed by atoms with Crippen molar-refractivity contribution >= 4 is 11.8 Å². The molecule has 0 radical (unpaired) electrons. The summed E-state index contributed by atoms with van der Waals surface area (Å²) in [7, 11) is 0. The van der Waals surface area contributed by atoms with E-state index >= 15 is 0 Å². The number of carbonyl (C=O) groups excluding carboxylic acids is 2. The zero-order valence-corrected chi connectivity index (χ0v) is 20.2. The summed E-state index contributed by atoms with van der Waals surface area (Å²) in [5.74, 6) is -0.309. The summed E-state index contributed by atoms with van der Waals surface area (Å²) in [6.07, 6.45) is 1.45. The number of halogens is 1. The van der Waals surface area contributed by atoms with Crippen molar-refractivity contribution < 1.29 is 18.7 Å². The van der Waals surface area contributed by atoms with E-state index in [9.17, 15) is 14.0 Å². The van der Waals surface area contributed by atoms with Gasteiger partial charge in [0.05, 0.1) is 19.8 Å². The maximum absolute atomic E-state index is 13.0. The van der Waals surface area contributed by atoms with Crippen LogP contribution in [0.2, 0.25) is 0 Å². The second-order valence-corrected chi connectivity index (χ2v) is 9.33. The number of amides is 2. The van der Waals surface area contributed by atoms with Crippen molar-refractivity contribution in [1.29, 1.82) is 0 Å². The Morgan fingerprint density at radius 3 is 2.26 bits per heavy atom. The molecule has 2 saturated heterocycles. The minimum Gasteiger partial charge on any atom is -0.379 e. The van der Waals surface area contributed by atoms with Gasteiger partial charge in [0, 0.05) is 38.6 Å². The van der Waals surface area contributed by atoms with E-state index in [-0.39, 0.29) is 23.5 Å². The maximum Gasteiger partial charge on any atom is 0.234 e. The van der Waals surface area contributed by atoms with Gasteiger partial charge in [-0.2, -0.15) is 0 Å². The zero-order valence-electron chi connectivity index (χ0n) is 20.2. The summed E-state index contributed by atoms with van der Waals surface area (Å²) in [5, 5.41) is 6.02. The molecule has 7 nitrogen and oxygen atoms in total. The normalized spacial score (nSPS) is 17.7. The van der Waals surface area contributed by atoms with Crippen LogP contribution in [-0.2, 0) is 34.0 Å². The monoisotopic (exact) mass is 482 g/mol. The van der Waals surface area contributed by atoms with E-state index in [1.165, 1.54) is 17.7 Å². The molecule has 2 heterocycles. The number of benzene rings is 2. The zero-order chi connectivity index (χ0) is 24.5. The third-order valence-electron chi connectivity index (χ3n) is 6.80. The Kier molecular flexibility index (Phi) is 9.22. The van der Waals surface area contributed by atoms with Crippen LogP contribution >= 0.6 is 0 Å². The first-order valence-electron chi connectivity index (χ1n) is 12.4. The van der Waals surface area contributed by atoms with Gasteiger partial charge in [0.2, 0.25) is 11.8 Å². The van der Waals surface area contributed by atoms with Gasteiger partial charge in [-0.05, 0) is 54.8 Å². The third kappa shape index (κ3) is 7.85. The molecule has 2 aromatic carbocycles. The average molecular weight is 483 g/mol. The van der Waals surface area contributed by atoms with E-state index in [2.05, 4.69) is 32.6 Å². The fourth-order valence-electron chi connectivity index (χ4n) is 4.63. The van der Waals surface area contributed by atoms with Gasteiger partial charge in [-0.25, -0.2) is 4.39 Å². The van der Waals surface area contributed by atoms with E-state index in [0.29, 0.717) is 19.6 Å². The Bertz CT molecular complexity index is 971. The van der Waals surface area contributed by atoms with Gasteiger partial charge >= 0.3 is 0 Å². The van der Waals surface area contributed by atoms with Gasteiger partial charge in [0.1, 0.15) is 5.82 Å². The fourth-order valence-corrected chi connectivity index (χ4v) is 4.63. The van der Waals surface area contributed by atoms with E-state index in [1.807, 2.05) is 12.1 Å². The van der Waals surface area contributed by atoms with Crippen LogP contribution in [-0.4, -0.2) is 67.6 Å². The number of nitrogens with zero attached hydrogens (tertiary/aromatic N) is 2. The Hall–Kier alpha value is -2.81.